The van der Waals surface area contributed by atoms with E-state index >= 15 is 0 Å². The van der Waals surface area contributed by atoms with E-state index in [0.29, 0.717) is 5.69 Å². The molecular weight excluding hydrogens is 364 g/mol. The van der Waals surface area contributed by atoms with Crippen LogP contribution in [0.15, 0.2) is 18.3 Å². The van der Waals surface area contributed by atoms with Gasteiger partial charge in [-0.15, -0.1) is 0 Å². The van der Waals surface area contributed by atoms with Crippen LogP contribution in [0, 0.1) is 11.3 Å². The zero-order valence-electron chi connectivity index (χ0n) is 17.0. The molecule has 1 atom stereocenters. The molecule has 1 heterocycles. The standard InChI is InChI=1S/C19H26N4O5/c1-18(2,3)27-16(25)14-8-7-12(11-21-14)22-15(24)13(9-10-20)23-17(26)28-19(4,5)6/h7-8,11,13H,9H2,1-6H3,(H,22,24)(H,23,26)/t13-/m0/s1. The van der Waals surface area contributed by atoms with E-state index < -0.39 is 35.2 Å². The van der Waals surface area contributed by atoms with E-state index in [0.717, 1.165) is 0 Å². The van der Waals surface area contributed by atoms with Crippen LogP contribution in [-0.4, -0.2) is 40.2 Å². The van der Waals surface area contributed by atoms with Crippen molar-refractivity contribution in [2.75, 3.05) is 5.32 Å². The summed E-state index contributed by atoms with van der Waals surface area (Å²) in [6.45, 7) is 10.3. The monoisotopic (exact) mass is 390 g/mol. The summed E-state index contributed by atoms with van der Waals surface area (Å²) in [5.41, 5.74) is -0.998. The minimum Gasteiger partial charge on any atom is -0.455 e. The number of nitrogens with zero attached hydrogens (tertiary/aromatic N) is 2. The average Bonchev–Trinajstić information content (AvgIpc) is 2.51. The number of alkyl carbamates (subject to hydrolysis) is 1. The lowest BCUT2D eigenvalue weighted by molar-refractivity contribution is -0.118. The van der Waals surface area contributed by atoms with Crippen LogP contribution in [0.2, 0.25) is 0 Å². The molecular formula is C19H26N4O5. The van der Waals surface area contributed by atoms with Gasteiger partial charge in [-0.2, -0.15) is 5.26 Å². The number of pyridine rings is 1. The predicted octanol–water partition coefficient (Wildman–Crippen LogP) is 2.78. The molecule has 2 N–H and O–H groups in total. The summed E-state index contributed by atoms with van der Waals surface area (Å²) < 4.78 is 10.3. The molecule has 0 bridgehead atoms. The molecule has 0 aromatic carbocycles. The van der Waals surface area contributed by atoms with E-state index in [4.69, 9.17) is 14.7 Å². The molecule has 0 aliphatic carbocycles. The fourth-order valence-corrected chi connectivity index (χ4v) is 1.90. The zero-order chi connectivity index (χ0) is 21.5. The van der Waals surface area contributed by atoms with Crippen molar-refractivity contribution in [3.8, 4) is 6.07 Å². The summed E-state index contributed by atoms with van der Waals surface area (Å²) >= 11 is 0. The van der Waals surface area contributed by atoms with Crippen LogP contribution in [0.1, 0.15) is 58.5 Å². The van der Waals surface area contributed by atoms with Crippen LogP contribution in [0.4, 0.5) is 10.5 Å². The van der Waals surface area contributed by atoms with Gasteiger partial charge in [-0.1, -0.05) is 0 Å². The summed E-state index contributed by atoms with van der Waals surface area (Å²) in [5.74, 6) is -1.20. The Bertz CT molecular complexity index is 755. The number of aromatic nitrogens is 1. The summed E-state index contributed by atoms with van der Waals surface area (Å²) in [6, 6.07) is 3.61. The Morgan fingerprint density at radius 2 is 1.71 bits per heavy atom. The van der Waals surface area contributed by atoms with Crippen molar-refractivity contribution in [3.05, 3.63) is 24.0 Å². The van der Waals surface area contributed by atoms with E-state index in [9.17, 15) is 14.4 Å². The van der Waals surface area contributed by atoms with Gasteiger partial charge in [0.2, 0.25) is 5.91 Å². The van der Waals surface area contributed by atoms with Crippen molar-refractivity contribution in [2.45, 2.75) is 65.2 Å². The average molecular weight is 390 g/mol. The Morgan fingerprint density at radius 3 is 2.18 bits per heavy atom. The normalized spacial score (nSPS) is 12.3. The van der Waals surface area contributed by atoms with Gasteiger partial charge in [0, 0.05) is 0 Å². The smallest absolute Gasteiger partial charge is 0.408 e. The highest BCUT2D eigenvalue weighted by Crippen LogP contribution is 2.13. The first-order chi connectivity index (χ1) is 12.8. The number of amides is 2. The number of anilines is 1. The van der Waals surface area contributed by atoms with Gasteiger partial charge in [0.25, 0.3) is 0 Å². The third kappa shape index (κ3) is 8.49. The molecule has 2 amide bonds. The third-order valence-corrected chi connectivity index (χ3v) is 2.94. The zero-order valence-corrected chi connectivity index (χ0v) is 17.0. The lowest BCUT2D eigenvalue weighted by Gasteiger charge is -2.22. The lowest BCUT2D eigenvalue weighted by Crippen LogP contribution is -2.45. The molecule has 28 heavy (non-hydrogen) atoms. The van der Waals surface area contributed by atoms with Gasteiger partial charge in [0.15, 0.2) is 0 Å². The van der Waals surface area contributed by atoms with Crippen LogP contribution < -0.4 is 10.6 Å². The first kappa shape index (κ1) is 22.9. The minimum absolute atomic E-state index is 0.0911. The molecule has 9 nitrogen and oxygen atoms in total. The van der Waals surface area contributed by atoms with Crippen molar-refractivity contribution in [1.82, 2.24) is 10.3 Å². The number of nitriles is 1. The first-order valence-electron chi connectivity index (χ1n) is 8.67. The van der Waals surface area contributed by atoms with Crippen LogP contribution in [0.25, 0.3) is 0 Å². The van der Waals surface area contributed by atoms with Crippen molar-refractivity contribution in [2.24, 2.45) is 0 Å². The quantitative estimate of drug-likeness (QED) is 0.739. The Hall–Kier alpha value is -3.15. The number of carbonyl (C=O) groups excluding carboxylic acids is 3. The Kier molecular flexibility index (Phi) is 7.50. The Labute approximate surface area is 164 Å². The molecule has 0 saturated carbocycles. The van der Waals surface area contributed by atoms with Gasteiger partial charge < -0.3 is 20.1 Å². The molecule has 0 radical (unpaired) electrons. The molecule has 9 heteroatoms. The first-order valence-corrected chi connectivity index (χ1v) is 8.67. The second-order valence-electron chi connectivity index (χ2n) is 7.98. The molecule has 1 rings (SSSR count). The molecule has 1 aromatic rings. The maximum Gasteiger partial charge on any atom is 0.408 e. The van der Waals surface area contributed by atoms with E-state index in [1.807, 2.05) is 6.07 Å². The topological polar surface area (TPSA) is 130 Å². The number of esters is 1. The largest absolute Gasteiger partial charge is 0.455 e. The lowest BCUT2D eigenvalue weighted by atomic mass is 10.2. The van der Waals surface area contributed by atoms with Crippen LogP contribution >= 0.6 is 0 Å². The van der Waals surface area contributed by atoms with E-state index in [2.05, 4.69) is 15.6 Å². The third-order valence-electron chi connectivity index (χ3n) is 2.94. The van der Waals surface area contributed by atoms with Crippen molar-refractivity contribution < 1.29 is 23.9 Å². The van der Waals surface area contributed by atoms with Crippen LogP contribution in [0.3, 0.4) is 0 Å². The van der Waals surface area contributed by atoms with Gasteiger partial charge in [-0.05, 0) is 53.7 Å². The molecule has 0 fully saturated rings. The number of hydrogen-bond donors (Lipinski definition) is 2. The number of ether oxygens (including phenoxy) is 2. The van der Waals surface area contributed by atoms with Gasteiger partial charge in [-0.3, -0.25) is 4.79 Å². The van der Waals surface area contributed by atoms with E-state index in [-0.39, 0.29) is 12.1 Å². The molecule has 0 unspecified atom stereocenters. The fourth-order valence-electron chi connectivity index (χ4n) is 1.90. The molecule has 0 saturated heterocycles. The van der Waals surface area contributed by atoms with Crippen molar-refractivity contribution >= 4 is 23.7 Å². The molecule has 152 valence electrons. The minimum atomic E-state index is -1.11. The van der Waals surface area contributed by atoms with Gasteiger partial charge in [0.1, 0.15) is 22.9 Å². The molecule has 0 spiro atoms. The highest BCUT2D eigenvalue weighted by atomic mass is 16.6. The van der Waals surface area contributed by atoms with Crippen molar-refractivity contribution in [3.63, 3.8) is 0 Å². The summed E-state index contributed by atoms with van der Waals surface area (Å²) in [6.07, 6.45) is 0.240. The second-order valence-corrected chi connectivity index (χ2v) is 7.98. The van der Waals surface area contributed by atoms with Gasteiger partial charge in [-0.25, -0.2) is 14.6 Å². The van der Waals surface area contributed by atoms with E-state index in [1.54, 1.807) is 41.5 Å². The van der Waals surface area contributed by atoms with Crippen LogP contribution in [0.5, 0.6) is 0 Å². The maximum atomic E-state index is 12.4. The highest BCUT2D eigenvalue weighted by Gasteiger charge is 2.25. The predicted molar refractivity (Wildman–Crippen MR) is 101 cm³/mol. The number of nitrogens with one attached hydrogen (secondary N) is 2. The number of carbonyl (C=O) groups is 3. The Morgan fingerprint density at radius 1 is 1.11 bits per heavy atom. The highest BCUT2D eigenvalue weighted by molar-refractivity contribution is 5.97. The molecule has 0 aliphatic rings. The summed E-state index contributed by atoms with van der Waals surface area (Å²) in [4.78, 5) is 40.1. The van der Waals surface area contributed by atoms with E-state index in [1.165, 1.54) is 18.3 Å². The second kappa shape index (κ2) is 9.17. The SMILES string of the molecule is CC(C)(C)OC(=O)N[C@@H](CC#N)C(=O)Nc1ccc(C(=O)OC(C)(C)C)nc1. The molecule has 0 aliphatic heterocycles. The Balaban J connectivity index is 2.76. The molecule has 1 aromatic heterocycles. The maximum absolute atomic E-state index is 12.4. The van der Waals surface area contributed by atoms with Crippen LogP contribution in [-0.2, 0) is 14.3 Å². The summed E-state index contributed by atoms with van der Waals surface area (Å²) in [5, 5.41) is 13.8. The van der Waals surface area contributed by atoms with Gasteiger partial charge in [0.05, 0.1) is 24.4 Å². The summed E-state index contributed by atoms with van der Waals surface area (Å²) in [7, 11) is 0. The van der Waals surface area contributed by atoms with Crippen molar-refractivity contribution in [1.29, 1.82) is 5.26 Å². The van der Waals surface area contributed by atoms with Gasteiger partial charge >= 0.3 is 12.1 Å². The number of hydrogen-bond acceptors (Lipinski definition) is 7. The fraction of sp³-hybridized carbons (Fsp3) is 0.526. The number of rotatable bonds is 5.